The van der Waals surface area contributed by atoms with Crippen molar-refractivity contribution in [3.05, 3.63) is 29.8 Å². The molecule has 1 heterocycles. The Labute approximate surface area is 142 Å². The fourth-order valence-corrected chi connectivity index (χ4v) is 3.73. The molecule has 2 rings (SSSR count). The van der Waals surface area contributed by atoms with Gasteiger partial charge < -0.3 is 10.0 Å². The molecular formula is C17H23NO5S. The Kier molecular flexibility index (Phi) is 5.99. The Balaban J connectivity index is 1.91. The second kappa shape index (κ2) is 7.79. The molecule has 1 saturated heterocycles. The van der Waals surface area contributed by atoms with Crippen molar-refractivity contribution in [3.8, 4) is 0 Å². The maximum atomic E-state index is 12.2. The molecule has 1 aromatic carbocycles. The zero-order chi connectivity index (χ0) is 17.7. The van der Waals surface area contributed by atoms with E-state index in [1.807, 2.05) is 0 Å². The minimum Gasteiger partial charge on any atom is -0.481 e. The number of carbonyl (C=O) groups excluding carboxylic acids is 1. The Morgan fingerprint density at radius 2 is 1.92 bits per heavy atom. The number of piperidine rings is 1. The molecule has 0 aromatic heterocycles. The van der Waals surface area contributed by atoms with Gasteiger partial charge in [-0.05, 0) is 37.0 Å². The SMILES string of the molecule is CCS(=O)(=O)c1ccc(CCC(=O)N2CCCC(C(=O)O)C2)cc1. The molecule has 24 heavy (non-hydrogen) atoms. The van der Waals surface area contributed by atoms with Gasteiger partial charge >= 0.3 is 5.97 Å². The summed E-state index contributed by atoms with van der Waals surface area (Å²) in [4.78, 5) is 25.2. The molecule has 1 aromatic rings. The van der Waals surface area contributed by atoms with Crippen LogP contribution in [0.5, 0.6) is 0 Å². The normalized spacial score (nSPS) is 18.4. The van der Waals surface area contributed by atoms with Crippen molar-refractivity contribution in [2.24, 2.45) is 5.92 Å². The fourth-order valence-electron chi connectivity index (χ4n) is 2.84. The number of hydrogen-bond acceptors (Lipinski definition) is 4. The summed E-state index contributed by atoms with van der Waals surface area (Å²) in [6, 6.07) is 6.60. The number of benzene rings is 1. The van der Waals surface area contributed by atoms with Crippen LogP contribution in [0.15, 0.2) is 29.2 Å². The highest BCUT2D eigenvalue weighted by Crippen LogP contribution is 2.18. The summed E-state index contributed by atoms with van der Waals surface area (Å²) in [6.45, 7) is 2.49. The van der Waals surface area contributed by atoms with E-state index in [1.54, 1.807) is 36.1 Å². The monoisotopic (exact) mass is 353 g/mol. The summed E-state index contributed by atoms with van der Waals surface area (Å²) in [5.41, 5.74) is 0.894. The van der Waals surface area contributed by atoms with Crippen LogP contribution in [-0.4, -0.2) is 49.1 Å². The average Bonchev–Trinajstić information content (AvgIpc) is 2.60. The number of hydrogen-bond donors (Lipinski definition) is 1. The molecule has 1 aliphatic heterocycles. The smallest absolute Gasteiger partial charge is 0.308 e. The third-order valence-corrected chi connectivity index (χ3v) is 6.16. The van der Waals surface area contributed by atoms with Crippen molar-refractivity contribution in [1.82, 2.24) is 4.90 Å². The van der Waals surface area contributed by atoms with E-state index in [2.05, 4.69) is 0 Å². The fraction of sp³-hybridized carbons (Fsp3) is 0.529. The maximum absolute atomic E-state index is 12.2. The minimum atomic E-state index is -3.21. The zero-order valence-electron chi connectivity index (χ0n) is 13.8. The highest BCUT2D eigenvalue weighted by molar-refractivity contribution is 7.91. The minimum absolute atomic E-state index is 0.0498. The molecule has 1 aliphatic rings. The van der Waals surface area contributed by atoms with Crippen LogP contribution in [0.3, 0.4) is 0 Å². The molecule has 0 aliphatic carbocycles. The number of aryl methyl sites for hydroxylation is 1. The molecule has 0 spiro atoms. The Morgan fingerprint density at radius 3 is 2.50 bits per heavy atom. The first-order valence-electron chi connectivity index (χ1n) is 8.15. The number of likely N-dealkylation sites (tertiary alicyclic amines) is 1. The quantitative estimate of drug-likeness (QED) is 0.841. The summed E-state index contributed by atoms with van der Waals surface area (Å²) < 4.78 is 23.5. The van der Waals surface area contributed by atoms with Crippen molar-refractivity contribution >= 4 is 21.7 Å². The van der Waals surface area contributed by atoms with Crippen molar-refractivity contribution in [2.75, 3.05) is 18.8 Å². The molecule has 132 valence electrons. The van der Waals surface area contributed by atoms with E-state index in [1.165, 1.54) is 0 Å². The van der Waals surface area contributed by atoms with E-state index in [0.29, 0.717) is 37.1 Å². The molecule has 0 saturated carbocycles. The average molecular weight is 353 g/mol. The zero-order valence-corrected chi connectivity index (χ0v) is 14.6. The Hall–Kier alpha value is -1.89. The van der Waals surface area contributed by atoms with Crippen molar-refractivity contribution in [2.45, 2.75) is 37.5 Å². The second-order valence-corrected chi connectivity index (χ2v) is 8.34. The van der Waals surface area contributed by atoms with Crippen molar-refractivity contribution < 1.29 is 23.1 Å². The van der Waals surface area contributed by atoms with Crippen LogP contribution in [0.1, 0.15) is 31.7 Å². The topological polar surface area (TPSA) is 91.8 Å². The first-order chi connectivity index (χ1) is 11.3. The van der Waals surface area contributed by atoms with E-state index in [9.17, 15) is 18.0 Å². The highest BCUT2D eigenvalue weighted by atomic mass is 32.2. The van der Waals surface area contributed by atoms with Gasteiger partial charge in [0.05, 0.1) is 16.6 Å². The van der Waals surface area contributed by atoms with E-state index in [-0.39, 0.29) is 18.2 Å². The van der Waals surface area contributed by atoms with Gasteiger partial charge in [-0.1, -0.05) is 19.1 Å². The van der Waals surface area contributed by atoms with Crippen LogP contribution in [0, 0.1) is 5.92 Å². The molecular weight excluding hydrogens is 330 g/mol. The van der Waals surface area contributed by atoms with E-state index < -0.39 is 21.7 Å². The molecule has 0 bridgehead atoms. The number of sulfone groups is 1. The highest BCUT2D eigenvalue weighted by Gasteiger charge is 2.27. The largest absolute Gasteiger partial charge is 0.481 e. The number of carboxylic acid groups (broad SMARTS) is 1. The summed E-state index contributed by atoms with van der Waals surface area (Å²) >= 11 is 0. The van der Waals surface area contributed by atoms with Gasteiger partial charge in [0.2, 0.25) is 5.91 Å². The number of nitrogens with zero attached hydrogens (tertiary/aromatic N) is 1. The summed E-state index contributed by atoms with van der Waals surface area (Å²) in [6.07, 6.45) is 2.14. The Morgan fingerprint density at radius 1 is 1.25 bits per heavy atom. The first kappa shape index (κ1) is 18.4. The van der Waals surface area contributed by atoms with Gasteiger partial charge in [0.1, 0.15) is 0 Å². The molecule has 7 heteroatoms. The van der Waals surface area contributed by atoms with E-state index in [4.69, 9.17) is 5.11 Å². The summed E-state index contributed by atoms with van der Waals surface area (Å²) in [7, 11) is -3.21. The maximum Gasteiger partial charge on any atom is 0.308 e. The van der Waals surface area contributed by atoms with Crippen LogP contribution in [0.2, 0.25) is 0 Å². The number of rotatable bonds is 6. The van der Waals surface area contributed by atoms with Crippen LogP contribution < -0.4 is 0 Å². The third-order valence-electron chi connectivity index (χ3n) is 4.41. The molecule has 1 unspecified atom stereocenters. The van der Waals surface area contributed by atoms with Gasteiger partial charge in [-0.3, -0.25) is 9.59 Å². The van der Waals surface area contributed by atoms with Gasteiger partial charge in [0.15, 0.2) is 9.84 Å². The molecule has 1 fully saturated rings. The molecule has 1 amide bonds. The molecule has 1 atom stereocenters. The first-order valence-corrected chi connectivity index (χ1v) is 9.81. The summed E-state index contributed by atoms with van der Waals surface area (Å²) in [5, 5.41) is 9.07. The van der Waals surface area contributed by atoms with Crippen LogP contribution >= 0.6 is 0 Å². The van der Waals surface area contributed by atoms with Gasteiger partial charge in [-0.15, -0.1) is 0 Å². The van der Waals surface area contributed by atoms with Gasteiger partial charge in [-0.25, -0.2) is 8.42 Å². The number of amides is 1. The van der Waals surface area contributed by atoms with Gasteiger partial charge in [-0.2, -0.15) is 0 Å². The second-order valence-electron chi connectivity index (χ2n) is 6.06. The predicted octanol–water partition coefficient (Wildman–Crippen LogP) is 1.74. The van der Waals surface area contributed by atoms with Crippen molar-refractivity contribution in [1.29, 1.82) is 0 Å². The van der Waals surface area contributed by atoms with Crippen molar-refractivity contribution in [3.63, 3.8) is 0 Å². The molecule has 0 radical (unpaired) electrons. The molecule has 1 N–H and O–H groups in total. The van der Waals surface area contributed by atoms with Crippen LogP contribution in [-0.2, 0) is 25.8 Å². The third kappa shape index (κ3) is 4.56. The lowest BCUT2D eigenvalue weighted by Crippen LogP contribution is -2.42. The van der Waals surface area contributed by atoms with E-state index in [0.717, 1.165) is 5.56 Å². The lowest BCUT2D eigenvalue weighted by molar-refractivity contribution is -0.145. The van der Waals surface area contributed by atoms with Crippen LogP contribution in [0.25, 0.3) is 0 Å². The summed E-state index contributed by atoms with van der Waals surface area (Å²) in [5.74, 6) is -1.31. The van der Waals surface area contributed by atoms with Gasteiger partial charge in [0, 0.05) is 19.5 Å². The number of aliphatic carboxylic acids is 1. The Bertz CT molecular complexity index is 696. The van der Waals surface area contributed by atoms with Gasteiger partial charge in [0.25, 0.3) is 0 Å². The van der Waals surface area contributed by atoms with Crippen LogP contribution in [0.4, 0.5) is 0 Å². The van der Waals surface area contributed by atoms with E-state index >= 15 is 0 Å². The standard InChI is InChI=1S/C17H23NO5S/c1-2-24(22,23)15-8-5-13(6-9-15)7-10-16(19)18-11-3-4-14(12-18)17(20)21/h5-6,8-9,14H,2-4,7,10-12H2,1H3,(H,20,21). The lowest BCUT2D eigenvalue weighted by Gasteiger charge is -2.30. The predicted molar refractivity (Wildman–Crippen MR) is 89.4 cm³/mol. The molecule has 6 nitrogen and oxygen atoms in total. The number of carboxylic acids is 1. The number of carbonyl (C=O) groups is 2. The lowest BCUT2D eigenvalue weighted by atomic mass is 9.97.